The van der Waals surface area contributed by atoms with Crippen molar-refractivity contribution in [2.24, 2.45) is 5.92 Å². The molecule has 6 heteroatoms. The number of rotatable bonds is 7. The SMILES string of the molecule is O=C(NC(Cc1ncc[nH]1)c1ccccc1)c1ccc(NC(=O)C2CC2)cc1. The number of carbonyl (C=O) groups excluding carboxylic acids is 2. The third-order valence-corrected chi connectivity index (χ3v) is 4.82. The summed E-state index contributed by atoms with van der Waals surface area (Å²) >= 11 is 0. The zero-order chi connectivity index (χ0) is 19.3. The van der Waals surface area contributed by atoms with Crippen LogP contribution in [0.1, 0.15) is 40.6 Å². The molecule has 1 aliphatic carbocycles. The minimum absolute atomic E-state index is 0.0554. The van der Waals surface area contributed by atoms with Crippen molar-refractivity contribution >= 4 is 17.5 Å². The molecule has 3 aromatic rings. The molecule has 142 valence electrons. The van der Waals surface area contributed by atoms with Crippen LogP contribution >= 0.6 is 0 Å². The van der Waals surface area contributed by atoms with Gasteiger partial charge in [-0.1, -0.05) is 30.3 Å². The highest BCUT2D eigenvalue weighted by Crippen LogP contribution is 2.30. The summed E-state index contributed by atoms with van der Waals surface area (Å²) in [4.78, 5) is 32.0. The van der Waals surface area contributed by atoms with E-state index in [9.17, 15) is 9.59 Å². The first kappa shape index (κ1) is 18.0. The van der Waals surface area contributed by atoms with Crippen LogP contribution in [-0.4, -0.2) is 21.8 Å². The highest BCUT2D eigenvalue weighted by atomic mass is 16.2. The molecule has 1 aliphatic rings. The average Bonchev–Trinajstić information content (AvgIpc) is 3.46. The number of nitrogens with one attached hydrogen (secondary N) is 3. The van der Waals surface area contributed by atoms with E-state index in [1.807, 2.05) is 30.3 Å². The van der Waals surface area contributed by atoms with Crippen LogP contribution in [-0.2, 0) is 11.2 Å². The molecular formula is C22H22N4O2. The fraction of sp³-hybridized carbons (Fsp3) is 0.227. The quantitative estimate of drug-likeness (QED) is 0.592. The molecule has 0 bridgehead atoms. The molecule has 6 nitrogen and oxygen atoms in total. The summed E-state index contributed by atoms with van der Waals surface area (Å²) < 4.78 is 0. The predicted octanol–water partition coefficient (Wildman–Crippen LogP) is 3.47. The Hall–Kier alpha value is -3.41. The number of carbonyl (C=O) groups is 2. The van der Waals surface area contributed by atoms with E-state index in [1.165, 1.54) is 0 Å². The second-order valence-electron chi connectivity index (χ2n) is 7.02. The Balaban J connectivity index is 1.45. The van der Waals surface area contributed by atoms with E-state index in [1.54, 1.807) is 36.7 Å². The van der Waals surface area contributed by atoms with Gasteiger partial charge in [-0.15, -0.1) is 0 Å². The number of hydrogen-bond donors (Lipinski definition) is 3. The summed E-state index contributed by atoms with van der Waals surface area (Å²) in [6, 6.07) is 16.6. The summed E-state index contributed by atoms with van der Waals surface area (Å²) in [6.45, 7) is 0. The number of benzene rings is 2. The topological polar surface area (TPSA) is 86.9 Å². The number of anilines is 1. The van der Waals surface area contributed by atoms with Crippen molar-refractivity contribution in [2.75, 3.05) is 5.32 Å². The zero-order valence-electron chi connectivity index (χ0n) is 15.4. The molecule has 0 radical (unpaired) electrons. The van der Waals surface area contributed by atoms with E-state index < -0.39 is 0 Å². The molecule has 0 spiro atoms. The Morgan fingerprint density at radius 3 is 2.46 bits per heavy atom. The number of nitrogens with zero attached hydrogens (tertiary/aromatic N) is 1. The van der Waals surface area contributed by atoms with Crippen LogP contribution < -0.4 is 10.6 Å². The van der Waals surface area contributed by atoms with Crippen LogP contribution in [0.15, 0.2) is 67.0 Å². The van der Waals surface area contributed by atoms with Gasteiger partial charge in [0.2, 0.25) is 5.91 Å². The van der Waals surface area contributed by atoms with Gasteiger partial charge >= 0.3 is 0 Å². The molecule has 0 saturated heterocycles. The monoisotopic (exact) mass is 374 g/mol. The molecule has 2 aromatic carbocycles. The van der Waals surface area contributed by atoms with Gasteiger partial charge in [0.25, 0.3) is 5.91 Å². The molecule has 4 rings (SSSR count). The number of hydrogen-bond acceptors (Lipinski definition) is 3. The van der Waals surface area contributed by atoms with Crippen LogP contribution in [0.25, 0.3) is 0 Å². The van der Waals surface area contributed by atoms with Gasteiger partial charge in [0.05, 0.1) is 6.04 Å². The normalized spacial score (nSPS) is 14.3. The van der Waals surface area contributed by atoms with Crippen molar-refractivity contribution in [3.63, 3.8) is 0 Å². The van der Waals surface area contributed by atoms with E-state index in [0.29, 0.717) is 17.7 Å². The van der Waals surface area contributed by atoms with Gasteiger partial charge in [-0.2, -0.15) is 0 Å². The van der Waals surface area contributed by atoms with Gasteiger partial charge < -0.3 is 15.6 Å². The number of imidazole rings is 1. The maximum absolute atomic E-state index is 12.8. The molecule has 3 N–H and O–H groups in total. The predicted molar refractivity (Wildman–Crippen MR) is 107 cm³/mol. The van der Waals surface area contributed by atoms with Crippen molar-refractivity contribution in [2.45, 2.75) is 25.3 Å². The first-order valence-corrected chi connectivity index (χ1v) is 9.44. The van der Waals surface area contributed by atoms with Crippen molar-refractivity contribution in [3.05, 3.63) is 83.9 Å². The smallest absolute Gasteiger partial charge is 0.251 e. The Morgan fingerprint density at radius 1 is 1.07 bits per heavy atom. The fourth-order valence-electron chi connectivity index (χ4n) is 3.08. The summed E-state index contributed by atoms with van der Waals surface area (Å²) in [6.07, 6.45) is 5.96. The number of amides is 2. The zero-order valence-corrected chi connectivity index (χ0v) is 15.4. The minimum atomic E-state index is -0.200. The summed E-state index contributed by atoms with van der Waals surface area (Å²) in [5.74, 6) is 0.851. The van der Waals surface area contributed by atoms with E-state index >= 15 is 0 Å². The van der Waals surface area contributed by atoms with Gasteiger partial charge in [-0.3, -0.25) is 9.59 Å². The van der Waals surface area contributed by atoms with Crippen LogP contribution in [0.4, 0.5) is 5.69 Å². The number of aromatic amines is 1. The molecule has 1 saturated carbocycles. The first-order valence-electron chi connectivity index (χ1n) is 9.44. The van der Waals surface area contributed by atoms with Crippen molar-refractivity contribution < 1.29 is 9.59 Å². The highest BCUT2D eigenvalue weighted by molar-refractivity contribution is 5.97. The molecule has 28 heavy (non-hydrogen) atoms. The van der Waals surface area contributed by atoms with Gasteiger partial charge in [0, 0.05) is 36.0 Å². The third kappa shape index (κ3) is 4.46. The van der Waals surface area contributed by atoms with Gasteiger partial charge in [0.1, 0.15) is 5.82 Å². The summed E-state index contributed by atoms with van der Waals surface area (Å²) in [7, 11) is 0. The molecule has 1 heterocycles. The van der Waals surface area contributed by atoms with Crippen LogP contribution in [0.2, 0.25) is 0 Å². The summed E-state index contributed by atoms with van der Waals surface area (Å²) in [5.41, 5.74) is 2.27. The summed E-state index contributed by atoms with van der Waals surface area (Å²) in [5, 5.41) is 5.97. The number of H-pyrrole nitrogens is 1. The Kier molecular flexibility index (Phi) is 5.19. The van der Waals surface area contributed by atoms with Gasteiger partial charge in [-0.05, 0) is 42.7 Å². The molecule has 1 unspecified atom stereocenters. The standard InChI is InChI=1S/C22H22N4O2/c27-21(16-6-7-16)25-18-10-8-17(9-11-18)22(28)26-19(14-20-23-12-13-24-20)15-4-2-1-3-5-15/h1-5,8-13,16,19H,6-7,14H2,(H,23,24)(H,25,27)(H,26,28). The average molecular weight is 374 g/mol. The van der Waals surface area contributed by atoms with E-state index in [2.05, 4.69) is 20.6 Å². The largest absolute Gasteiger partial charge is 0.349 e. The number of aromatic nitrogens is 2. The lowest BCUT2D eigenvalue weighted by Crippen LogP contribution is -2.30. The molecule has 1 atom stereocenters. The maximum atomic E-state index is 12.8. The maximum Gasteiger partial charge on any atom is 0.251 e. The van der Waals surface area contributed by atoms with Gasteiger partial charge in [0.15, 0.2) is 0 Å². The highest BCUT2D eigenvalue weighted by Gasteiger charge is 2.29. The third-order valence-electron chi connectivity index (χ3n) is 4.82. The van der Waals surface area contributed by atoms with E-state index in [0.717, 1.165) is 24.2 Å². The second-order valence-corrected chi connectivity index (χ2v) is 7.02. The Bertz CT molecular complexity index is 932. The van der Waals surface area contributed by atoms with Crippen molar-refractivity contribution in [1.82, 2.24) is 15.3 Å². The van der Waals surface area contributed by atoms with Crippen LogP contribution in [0.5, 0.6) is 0 Å². The van der Waals surface area contributed by atoms with Crippen LogP contribution in [0, 0.1) is 5.92 Å². The Morgan fingerprint density at radius 2 is 1.82 bits per heavy atom. The lowest BCUT2D eigenvalue weighted by molar-refractivity contribution is -0.117. The van der Waals surface area contributed by atoms with E-state index in [4.69, 9.17) is 0 Å². The molecule has 2 amide bonds. The second kappa shape index (κ2) is 8.08. The molecular weight excluding hydrogens is 352 g/mol. The van der Waals surface area contributed by atoms with Gasteiger partial charge in [-0.25, -0.2) is 4.98 Å². The molecule has 1 fully saturated rings. The fourth-order valence-corrected chi connectivity index (χ4v) is 3.08. The Labute approximate surface area is 163 Å². The lowest BCUT2D eigenvalue weighted by atomic mass is 10.0. The molecule has 1 aromatic heterocycles. The van der Waals surface area contributed by atoms with Crippen molar-refractivity contribution in [3.8, 4) is 0 Å². The van der Waals surface area contributed by atoms with Crippen molar-refractivity contribution in [1.29, 1.82) is 0 Å². The van der Waals surface area contributed by atoms with E-state index in [-0.39, 0.29) is 23.8 Å². The molecule has 0 aliphatic heterocycles. The first-order chi connectivity index (χ1) is 13.7. The lowest BCUT2D eigenvalue weighted by Gasteiger charge is -2.18. The minimum Gasteiger partial charge on any atom is -0.349 e. The van der Waals surface area contributed by atoms with Crippen LogP contribution in [0.3, 0.4) is 0 Å².